The molecule has 3 heterocycles. The molecule has 7 heteroatoms. The van der Waals surface area contributed by atoms with E-state index < -0.39 is 0 Å². The lowest BCUT2D eigenvalue weighted by molar-refractivity contribution is 0.0789. The van der Waals surface area contributed by atoms with E-state index in [0.29, 0.717) is 6.54 Å². The number of carbonyl (C=O) groups is 1. The third kappa shape index (κ3) is 4.18. The first-order valence-corrected chi connectivity index (χ1v) is 11.4. The number of aryl methyl sites for hydroxylation is 1. The molecule has 3 aromatic rings. The number of aromatic nitrogens is 2. The van der Waals surface area contributed by atoms with Crippen molar-refractivity contribution >= 4 is 33.3 Å². The SMILES string of the molecule is CCCN1CCN(c2ncnc3sc(C(=O)N(C)Cc4ccccc4)c(C)c23)CC1. The Morgan fingerprint density at radius 1 is 1.13 bits per heavy atom. The lowest BCUT2D eigenvalue weighted by Crippen LogP contribution is -2.46. The fourth-order valence-electron chi connectivity index (χ4n) is 4.10. The second-order valence-electron chi connectivity index (χ2n) is 7.91. The van der Waals surface area contributed by atoms with Crippen LogP contribution in [0.25, 0.3) is 10.2 Å². The number of carbonyl (C=O) groups excluding carboxylic acids is 1. The van der Waals surface area contributed by atoms with E-state index in [1.54, 1.807) is 11.2 Å². The zero-order valence-electron chi connectivity index (χ0n) is 18.0. The van der Waals surface area contributed by atoms with E-state index in [1.807, 2.05) is 44.3 Å². The van der Waals surface area contributed by atoms with E-state index in [4.69, 9.17) is 0 Å². The van der Waals surface area contributed by atoms with Crippen molar-refractivity contribution in [3.63, 3.8) is 0 Å². The summed E-state index contributed by atoms with van der Waals surface area (Å²) in [5.41, 5.74) is 2.11. The zero-order valence-corrected chi connectivity index (χ0v) is 18.8. The first-order chi connectivity index (χ1) is 14.6. The van der Waals surface area contributed by atoms with E-state index in [9.17, 15) is 4.79 Å². The molecule has 0 aliphatic carbocycles. The Morgan fingerprint density at radius 2 is 1.87 bits per heavy atom. The van der Waals surface area contributed by atoms with Crippen molar-refractivity contribution in [2.75, 3.05) is 44.7 Å². The molecule has 158 valence electrons. The van der Waals surface area contributed by atoms with Crippen molar-refractivity contribution in [1.29, 1.82) is 0 Å². The quantitative estimate of drug-likeness (QED) is 0.604. The van der Waals surface area contributed by atoms with E-state index in [2.05, 4.69) is 26.7 Å². The number of hydrogen-bond acceptors (Lipinski definition) is 6. The Balaban J connectivity index is 1.58. The van der Waals surface area contributed by atoms with Crippen LogP contribution in [0.15, 0.2) is 36.7 Å². The number of fused-ring (bicyclic) bond motifs is 1. The van der Waals surface area contributed by atoms with Crippen LogP contribution in [0.5, 0.6) is 0 Å². The average Bonchev–Trinajstić information content (AvgIpc) is 3.11. The summed E-state index contributed by atoms with van der Waals surface area (Å²) < 4.78 is 0. The van der Waals surface area contributed by atoms with Crippen molar-refractivity contribution < 1.29 is 4.79 Å². The van der Waals surface area contributed by atoms with Gasteiger partial charge in [0.15, 0.2) is 0 Å². The van der Waals surface area contributed by atoms with Gasteiger partial charge in [0.1, 0.15) is 17.0 Å². The minimum absolute atomic E-state index is 0.0399. The Bertz CT molecular complexity index is 1010. The van der Waals surface area contributed by atoms with Crippen molar-refractivity contribution in [3.8, 4) is 0 Å². The van der Waals surface area contributed by atoms with Gasteiger partial charge < -0.3 is 9.80 Å². The Morgan fingerprint density at radius 3 is 2.57 bits per heavy atom. The largest absolute Gasteiger partial charge is 0.353 e. The molecule has 30 heavy (non-hydrogen) atoms. The second-order valence-corrected chi connectivity index (χ2v) is 8.91. The van der Waals surface area contributed by atoms with Gasteiger partial charge >= 0.3 is 0 Å². The van der Waals surface area contributed by atoms with Crippen molar-refractivity contribution in [3.05, 3.63) is 52.7 Å². The van der Waals surface area contributed by atoms with Gasteiger partial charge in [-0.15, -0.1) is 11.3 Å². The predicted octanol–water partition coefficient (Wildman–Crippen LogP) is 3.80. The first-order valence-electron chi connectivity index (χ1n) is 10.6. The number of thiophene rings is 1. The second kappa shape index (κ2) is 9.10. The number of nitrogens with zero attached hydrogens (tertiary/aromatic N) is 5. The highest BCUT2D eigenvalue weighted by atomic mass is 32.1. The molecule has 1 saturated heterocycles. The Hall–Kier alpha value is -2.51. The maximum Gasteiger partial charge on any atom is 0.264 e. The van der Waals surface area contributed by atoms with Crippen molar-refractivity contribution in [2.24, 2.45) is 0 Å². The molecule has 0 bridgehead atoms. The summed E-state index contributed by atoms with van der Waals surface area (Å²) in [5, 5.41) is 1.03. The highest BCUT2D eigenvalue weighted by molar-refractivity contribution is 7.20. The topological polar surface area (TPSA) is 52.6 Å². The van der Waals surface area contributed by atoms with Crippen LogP contribution in [-0.2, 0) is 6.54 Å². The molecule has 0 unspecified atom stereocenters. The average molecular weight is 424 g/mol. The fourth-order valence-corrected chi connectivity index (χ4v) is 5.24. The van der Waals surface area contributed by atoms with E-state index in [0.717, 1.165) is 64.8 Å². The molecule has 1 fully saturated rings. The third-order valence-corrected chi connectivity index (χ3v) is 6.91. The van der Waals surface area contributed by atoms with Gasteiger partial charge in [0.05, 0.1) is 10.3 Å². The summed E-state index contributed by atoms with van der Waals surface area (Å²) in [5.74, 6) is 1.01. The standard InChI is InChI=1S/C23H29N5OS/c1-4-10-27-11-13-28(14-12-27)21-19-17(2)20(30-22(19)25-16-24-21)23(29)26(3)15-18-8-6-5-7-9-18/h5-9,16H,4,10-15H2,1-3H3. The normalized spacial score (nSPS) is 15.0. The summed E-state index contributed by atoms with van der Waals surface area (Å²) in [6, 6.07) is 10.1. The van der Waals surface area contributed by atoms with Crippen LogP contribution in [0.4, 0.5) is 5.82 Å². The number of hydrogen-bond donors (Lipinski definition) is 0. The van der Waals surface area contributed by atoms with E-state index in [-0.39, 0.29) is 5.91 Å². The summed E-state index contributed by atoms with van der Waals surface area (Å²) in [6.07, 6.45) is 2.82. The van der Waals surface area contributed by atoms with Crippen LogP contribution >= 0.6 is 11.3 Å². The maximum atomic E-state index is 13.2. The van der Waals surface area contributed by atoms with Gasteiger partial charge in [0.25, 0.3) is 5.91 Å². The number of anilines is 1. The molecule has 1 aliphatic heterocycles. The van der Waals surface area contributed by atoms with Crippen LogP contribution in [-0.4, -0.2) is 65.4 Å². The lowest BCUT2D eigenvalue weighted by Gasteiger charge is -2.35. The number of piperazine rings is 1. The molecule has 4 rings (SSSR count). The highest BCUT2D eigenvalue weighted by Gasteiger charge is 2.25. The number of benzene rings is 1. The van der Waals surface area contributed by atoms with Crippen LogP contribution in [0.3, 0.4) is 0 Å². The monoisotopic (exact) mass is 423 g/mol. The fraction of sp³-hybridized carbons (Fsp3) is 0.435. The first kappa shape index (κ1) is 20.8. The molecule has 0 radical (unpaired) electrons. The van der Waals surface area contributed by atoms with Gasteiger partial charge in [0, 0.05) is 39.8 Å². The molecule has 0 atom stereocenters. The van der Waals surface area contributed by atoms with Crippen LogP contribution in [0.1, 0.15) is 34.1 Å². The molecular weight excluding hydrogens is 394 g/mol. The Kier molecular flexibility index (Phi) is 6.29. The van der Waals surface area contributed by atoms with Crippen molar-refractivity contribution in [1.82, 2.24) is 19.8 Å². The molecule has 0 spiro atoms. The molecule has 6 nitrogen and oxygen atoms in total. The van der Waals surface area contributed by atoms with Crippen LogP contribution < -0.4 is 4.90 Å². The van der Waals surface area contributed by atoms with Gasteiger partial charge in [0.2, 0.25) is 0 Å². The highest BCUT2D eigenvalue weighted by Crippen LogP contribution is 2.35. The summed E-state index contributed by atoms with van der Waals surface area (Å²) in [7, 11) is 1.86. The number of amides is 1. The van der Waals surface area contributed by atoms with Gasteiger partial charge in [-0.2, -0.15) is 0 Å². The summed E-state index contributed by atoms with van der Waals surface area (Å²) >= 11 is 1.48. The summed E-state index contributed by atoms with van der Waals surface area (Å²) in [4.78, 5) is 30.6. The number of rotatable bonds is 6. The van der Waals surface area contributed by atoms with Gasteiger partial charge in [-0.05, 0) is 31.0 Å². The minimum atomic E-state index is 0.0399. The molecule has 1 aliphatic rings. The smallest absolute Gasteiger partial charge is 0.264 e. The molecule has 0 N–H and O–H groups in total. The van der Waals surface area contributed by atoms with Crippen LogP contribution in [0, 0.1) is 6.92 Å². The van der Waals surface area contributed by atoms with E-state index in [1.165, 1.54) is 17.8 Å². The summed E-state index contributed by atoms with van der Waals surface area (Å²) in [6.45, 7) is 10.0. The van der Waals surface area contributed by atoms with Crippen LogP contribution in [0.2, 0.25) is 0 Å². The van der Waals surface area contributed by atoms with Gasteiger partial charge in [-0.3, -0.25) is 9.69 Å². The molecular formula is C23H29N5OS. The molecule has 0 saturated carbocycles. The zero-order chi connectivity index (χ0) is 21.1. The van der Waals surface area contributed by atoms with E-state index >= 15 is 0 Å². The van der Waals surface area contributed by atoms with Gasteiger partial charge in [-0.1, -0.05) is 37.3 Å². The van der Waals surface area contributed by atoms with Gasteiger partial charge in [-0.25, -0.2) is 9.97 Å². The molecule has 1 amide bonds. The predicted molar refractivity (Wildman–Crippen MR) is 123 cm³/mol. The third-order valence-electron chi connectivity index (χ3n) is 5.72. The van der Waals surface area contributed by atoms with Crippen molar-refractivity contribution in [2.45, 2.75) is 26.8 Å². The minimum Gasteiger partial charge on any atom is -0.353 e. The molecule has 1 aromatic carbocycles. The molecule has 2 aromatic heterocycles. The maximum absolute atomic E-state index is 13.2. The Labute approximate surface area is 182 Å². The lowest BCUT2D eigenvalue weighted by atomic mass is 10.1.